The van der Waals surface area contributed by atoms with Crippen molar-refractivity contribution in [3.63, 3.8) is 0 Å². The molecule has 3 aromatic rings. The zero-order valence-corrected chi connectivity index (χ0v) is 16.4. The molecule has 7 nitrogen and oxygen atoms in total. The summed E-state index contributed by atoms with van der Waals surface area (Å²) in [7, 11) is 0. The van der Waals surface area contributed by atoms with Gasteiger partial charge in [-0.05, 0) is 36.4 Å². The van der Waals surface area contributed by atoms with Crippen LogP contribution in [0.5, 0.6) is 11.5 Å². The minimum atomic E-state index is -0.294. The summed E-state index contributed by atoms with van der Waals surface area (Å²) in [6.45, 7) is 0.143. The molecular weight excluding hydrogens is 428 g/mol. The fraction of sp³-hybridized carbons (Fsp3) is 0.200. The number of aliphatic hydroxyl groups excluding tert-OH is 1. The van der Waals surface area contributed by atoms with Crippen LogP contribution in [0.2, 0.25) is 0 Å². The lowest BCUT2D eigenvalue weighted by Gasteiger charge is -2.22. The van der Waals surface area contributed by atoms with Crippen molar-refractivity contribution in [3.8, 4) is 11.5 Å². The highest BCUT2D eigenvalue weighted by atomic mass is 79.9. The number of hydrogen-bond donors (Lipinski definition) is 2. The van der Waals surface area contributed by atoms with E-state index in [0.29, 0.717) is 28.1 Å². The van der Waals surface area contributed by atoms with E-state index in [1.54, 1.807) is 42.5 Å². The second-order valence-corrected chi connectivity index (χ2v) is 7.29. The molecule has 2 aromatic carbocycles. The Kier molecular flexibility index (Phi) is 5.06. The maximum absolute atomic E-state index is 12.8. The Hall–Kier alpha value is -2.84. The summed E-state index contributed by atoms with van der Waals surface area (Å²) < 4.78 is 11.6. The quantitative estimate of drug-likeness (QED) is 0.630. The van der Waals surface area contributed by atoms with Gasteiger partial charge in [-0.15, -0.1) is 0 Å². The average Bonchev–Trinajstić information content (AvgIpc) is 3.13. The predicted molar refractivity (Wildman–Crippen MR) is 107 cm³/mol. The number of amides is 1. The Labute approximate surface area is 168 Å². The van der Waals surface area contributed by atoms with E-state index in [-0.39, 0.29) is 38.0 Å². The topological polar surface area (TPSA) is 91.9 Å². The molecule has 144 valence electrons. The van der Waals surface area contributed by atoms with Crippen LogP contribution >= 0.6 is 15.9 Å². The van der Waals surface area contributed by atoms with Crippen molar-refractivity contribution in [2.24, 2.45) is 0 Å². The highest BCUT2D eigenvalue weighted by Gasteiger charge is 2.19. The van der Waals surface area contributed by atoms with Gasteiger partial charge in [0.15, 0.2) is 11.5 Å². The molecule has 0 saturated heterocycles. The van der Waals surface area contributed by atoms with E-state index in [2.05, 4.69) is 20.9 Å². The molecule has 0 aliphatic carbocycles. The zero-order chi connectivity index (χ0) is 19.7. The van der Waals surface area contributed by atoms with E-state index in [1.165, 1.54) is 4.90 Å². The number of pyridine rings is 1. The molecule has 0 bridgehead atoms. The molecule has 28 heavy (non-hydrogen) atoms. The first kappa shape index (κ1) is 18.5. The van der Waals surface area contributed by atoms with Crippen molar-refractivity contribution in [1.82, 2.24) is 9.88 Å². The minimum absolute atomic E-state index is 0.0785. The number of carbonyl (C=O) groups excluding carboxylic acids is 1. The van der Waals surface area contributed by atoms with Gasteiger partial charge in [0.2, 0.25) is 6.79 Å². The number of ether oxygens (including phenoxy) is 2. The molecule has 1 aliphatic heterocycles. The second kappa shape index (κ2) is 7.65. The van der Waals surface area contributed by atoms with Gasteiger partial charge in [0.25, 0.3) is 11.5 Å². The molecular formula is C20H17BrN2O5. The lowest BCUT2D eigenvalue weighted by atomic mass is 10.1. The molecule has 0 atom stereocenters. The van der Waals surface area contributed by atoms with Crippen LogP contribution in [0.25, 0.3) is 10.9 Å². The average molecular weight is 445 g/mol. The van der Waals surface area contributed by atoms with Crippen LogP contribution in [0, 0.1) is 0 Å². The van der Waals surface area contributed by atoms with E-state index in [4.69, 9.17) is 9.47 Å². The van der Waals surface area contributed by atoms with Crippen LogP contribution in [0.15, 0.2) is 51.7 Å². The number of aromatic nitrogens is 1. The van der Waals surface area contributed by atoms with Crippen LogP contribution < -0.4 is 15.0 Å². The van der Waals surface area contributed by atoms with E-state index in [9.17, 15) is 14.7 Å². The third-order valence-electron chi connectivity index (χ3n) is 4.52. The molecule has 0 unspecified atom stereocenters. The number of nitrogens with one attached hydrogen (secondary N) is 1. The molecule has 0 spiro atoms. The lowest BCUT2D eigenvalue weighted by molar-refractivity contribution is 0.0707. The maximum Gasteiger partial charge on any atom is 0.254 e. The first-order valence-electron chi connectivity index (χ1n) is 8.66. The lowest BCUT2D eigenvalue weighted by Crippen LogP contribution is -2.35. The summed E-state index contributed by atoms with van der Waals surface area (Å²) in [6.07, 6.45) is 0. The molecule has 4 rings (SSSR count). The van der Waals surface area contributed by atoms with E-state index in [1.807, 2.05) is 0 Å². The summed E-state index contributed by atoms with van der Waals surface area (Å²) in [5.41, 5.74) is 1.24. The van der Waals surface area contributed by atoms with Crippen LogP contribution in [0.1, 0.15) is 15.9 Å². The minimum Gasteiger partial charge on any atom is -0.454 e. The van der Waals surface area contributed by atoms with Gasteiger partial charge in [0, 0.05) is 33.6 Å². The fourth-order valence-corrected chi connectivity index (χ4v) is 3.38. The second-order valence-electron chi connectivity index (χ2n) is 6.37. The number of aromatic amines is 1. The summed E-state index contributed by atoms with van der Waals surface area (Å²) in [6, 6.07) is 12.2. The maximum atomic E-state index is 12.8. The molecule has 2 heterocycles. The number of nitrogens with zero attached hydrogens (tertiary/aromatic N) is 1. The van der Waals surface area contributed by atoms with Gasteiger partial charge >= 0.3 is 0 Å². The van der Waals surface area contributed by atoms with Crippen molar-refractivity contribution in [1.29, 1.82) is 0 Å². The molecule has 1 aromatic heterocycles. The summed E-state index contributed by atoms with van der Waals surface area (Å²) in [4.78, 5) is 29.6. The predicted octanol–water partition coefficient (Wildman–Crippen LogP) is 2.65. The van der Waals surface area contributed by atoms with E-state index >= 15 is 0 Å². The Bertz CT molecular complexity index is 1090. The van der Waals surface area contributed by atoms with Crippen LogP contribution in [0.4, 0.5) is 0 Å². The van der Waals surface area contributed by atoms with Gasteiger partial charge in [-0.2, -0.15) is 0 Å². The molecule has 8 heteroatoms. The normalized spacial score (nSPS) is 12.4. The number of fused-ring (bicyclic) bond motifs is 2. The molecule has 1 amide bonds. The third kappa shape index (κ3) is 3.61. The van der Waals surface area contributed by atoms with Gasteiger partial charge in [0.1, 0.15) is 0 Å². The number of hydrogen-bond acceptors (Lipinski definition) is 5. The Morgan fingerprint density at radius 3 is 2.57 bits per heavy atom. The highest BCUT2D eigenvalue weighted by molar-refractivity contribution is 9.10. The molecule has 0 fully saturated rings. The number of halogens is 1. The molecule has 2 N–H and O–H groups in total. The van der Waals surface area contributed by atoms with Crippen LogP contribution in [0.3, 0.4) is 0 Å². The van der Waals surface area contributed by atoms with Gasteiger partial charge in [-0.25, -0.2) is 0 Å². The monoisotopic (exact) mass is 444 g/mol. The Morgan fingerprint density at radius 1 is 1.14 bits per heavy atom. The number of rotatable bonds is 5. The van der Waals surface area contributed by atoms with Crippen molar-refractivity contribution in [2.45, 2.75) is 6.54 Å². The Balaban J connectivity index is 1.66. The number of benzene rings is 2. The smallest absolute Gasteiger partial charge is 0.254 e. The summed E-state index contributed by atoms with van der Waals surface area (Å²) in [5.74, 6) is 0.943. The standard InChI is InChI=1S/C20H17BrN2O5/c21-15-3-1-12(2-4-15)20(26)23(5-6-24)10-14-7-13-8-17-18(28-11-27-17)9-16(13)22-19(14)25/h1-4,7-9,24H,5-6,10-11H2,(H,22,25). The van der Waals surface area contributed by atoms with Crippen LogP contribution in [-0.4, -0.2) is 40.8 Å². The van der Waals surface area contributed by atoms with Crippen molar-refractivity contribution in [3.05, 3.63) is 68.4 Å². The van der Waals surface area contributed by atoms with Crippen molar-refractivity contribution >= 4 is 32.7 Å². The number of H-pyrrole nitrogens is 1. The zero-order valence-electron chi connectivity index (χ0n) is 14.8. The first-order chi connectivity index (χ1) is 13.5. The number of aliphatic hydroxyl groups is 1. The largest absolute Gasteiger partial charge is 0.454 e. The summed E-state index contributed by atoms with van der Waals surface area (Å²) in [5, 5.41) is 10.2. The number of carbonyl (C=O) groups is 1. The van der Waals surface area contributed by atoms with E-state index < -0.39 is 0 Å². The summed E-state index contributed by atoms with van der Waals surface area (Å²) >= 11 is 3.34. The van der Waals surface area contributed by atoms with E-state index in [0.717, 1.165) is 9.86 Å². The first-order valence-corrected chi connectivity index (χ1v) is 9.46. The van der Waals surface area contributed by atoms with Gasteiger partial charge < -0.3 is 24.5 Å². The Morgan fingerprint density at radius 2 is 1.86 bits per heavy atom. The fourth-order valence-electron chi connectivity index (χ4n) is 3.11. The molecule has 0 saturated carbocycles. The van der Waals surface area contributed by atoms with Gasteiger partial charge in [-0.1, -0.05) is 15.9 Å². The molecule has 0 radical (unpaired) electrons. The van der Waals surface area contributed by atoms with Gasteiger partial charge in [-0.3, -0.25) is 9.59 Å². The van der Waals surface area contributed by atoms with Crippen molar-refractivity contribution in [2.75, 3.05) is 19.9 Å². The van der Waals surface area contributed by atoms with Crippen molar-refractivity contribution < 1.29 is 19.4 Å². The van der Waals surface area contributed by atoms with Gasteiger partial charge in [0.05, 0.1) is 18.7 Å². The highest BCUT2D eigenvalue weighted by Crippen LogP contribution is 2.35. The SMILES string of the molecule is O=C(c1ccc(Br)cc1)N(CCO)Cc1cc2cc3c(cc2[nH]c1=O)OCO3. The third-order valence-corrected chi connectivity index (χ3v) is 5.05. The molecule has 1 aliphatic rings. The van der Waals surface area contributed by atoms with Crippen LogP contribution in [-0.2, 0) is 6.54 Å².